The Morgan fingerprint density at radius 2 is 1.88 bits per heavy atom. The van der Waals surface area contributed by atoms with E-state index in [9.17, 15) is 24.0 Å². The number of rotatable bonds is 5. The number of carbonyl (C=O) groups excluding carboxylic acids is 5. The van der Waals surface area contributed by atoms with Crippen LogP contribution in [-0.2, 0) is 16.1 Å². The van der Waals surface area contributed by atoms with Crippen LogP contribution < -0.4 is 20.7 Å². The number of para-hydroxylation sites is 2. The number of imide groups is 2. The van der Waals surface area contributed by atoms with Crippen LogP contribution in [0.1, 0.15) is 39.1 Å². The predicted octanol–water partition coefficient (Wildman–Crippen LogP) is 1.42. The molecule has 1 atom stereocenters. The van der Waals surface area contributed by atoms with E-state index in [-0.39, 0.29) is 30.5 Å². The molecule has 2 aliphatic heterocycles. The summed E-state index contributed by atoms with van der Waals surface area (Å²) in [7, 11) is 1.49. The van der Waals surface area contributed by atoms with Crippen molar-refractivity contribution in [3.05, 3.63) is 59.2 Å². The average Bonchev–Trinajstić information content (AvgIpc) is 3.03. The quantitative estimate of drug-likeness (QED) is 0.607. The van der Waals surface area contributed by atoms with Gasteiger partial charge in [0.15, 0.2) is 0 Å². The molecule has 0 aliphatic carbocycles. The van der Waals surface area contributed by atoms with Crippen molar-refractivity contribution >= 4 is 35.3 Å². The van der Waals surface area contributed by atoms with Crippen molar-refractivity contribution in [1.29, 1.82) is 0 Å². The van der Waals surface area contributed by atoms with Crippen LogP contribution in [0.4, 0.5) is 10.5 Å². The minimum atomic E-state index is -1.05. The van der Waals surface area contributed by atoms with Crippen molar-refractivity contribution in [2.45, 2.75) is 25.4 Å². The number of fused-ring (bicyclic) bond motifs is 1. The number of benzene rings is 2. The maximum atomic E-state index is 13.1. The number of methoxy groups -OCH3 is 1. The lowest BCUT2D eigenvalue weighted by Gasteiger charge is -2.27. The molecular formula is C22H20N4O6. The topological polar surface area (TPSA) is 134 Å². The first-order valence-electron chi connectivity index (χ1n) is 9.92. The molecular weight excluding hydrogens is 416 g/mol. The first kappa shape index (κ1) is 21.0. The molecule has 32 heavy (non-hydrogen) atoms. The standard InChI is InChI=1S/C22H20N4O6/c1-32-16-8-3-2-7-14(16)24-22(31)23-11-12-5-4-6-13-18(12)21(30)26(20(13)29)15-9-10-17(27)25-19(15)28/h2-8,15H,9-11H2,1H3,(H2,23,24,31)(H,25,27,28). The van der Waals surface area contributed by atoms with Crippen LogP contribution in [0, 0.1) is 0 Å². The highest BCUT2D eigenvalue weighted by atomic mass is 16.5. The van der Waals surface area contributed by atoms with Crippen molar-refractivity contribution in [3.63, 3.8) is 0 Å². The summed E-state index contributed by atoms with van der Waals surface area (Å²) >= 11 is 0. The molecule has 0 aromatic heterocycles. The largest absolute Gasteiger partial charge is 0.495 e. The van der Waals surface area contributed by atoms with Crippen LogP contribution in [0.5, 0.6) is 5.75 Å². The summed E-state index contributed by atoms with van der Waals surface area (Å²) in [4.78, 5) is 62.8. The van der Waals surface area contributed by atoms with Crippen molar-refractivity contribution in [1.82, 2.24) is 15.5 Å². The molecule has 2 aromatic carbocycles. The molecule has 0 spiro atoms. The van der Waals surface area contributed by atoms with E-state index in [1.807, 2.05) is 0 Å². The van der Waals surface area contributed by atoms with E-state index in [0.717, 1.165) is 4.90 Å². The molecule has 2 heterocycles. The first-order valence-corrected chi connectivity index (χ1v) is 9.92. The highest BCUT2D eigenvalue weighted by Gasteiger charge is 2.45. The normalized spacial score (nSPS) is 17.7. The van der Waals surface area contributed by atoms with E-state index in [1.165, 1.54) is 13.2 Å². The zero-order chi connectivity index (χ0) is 22.8. The van der Waals surface area contributed by atoms with Gasteiger partial charge in [-0.25, -0.2) is 4.79 Å². The summed E-state index contributed by atoms with van der Waals surface area (Å²) < 4.78 is 5.20. The molecule has 2 aliphatic rings. The van der Waals surface area contributed by atoms with Gasteiger partial charge in [0.05, 0.1) is 23.9 Å². The number of anilines is 1. The van der Waals surface area contributed by atoms with E-state index in [0.29, 0.717) is 17.0 Å². The van der Waals surface area contributed by atoms with Gasteiger partial charge in [0.25, 0.3) is 11.8 Å². The lowest BCUT2D eigenvalue weighted by molar-refractivity contribution is -0.136. The van der Waals surface area contributed by atoms with Crippen LogP contribution in [0.2, 0.25) is 0 Å². The number of hydrogen-bond donors (Lipinski definition) is 3. The molecule has 3 N–H and O–H groups in total. The monoisotopic (exact) mass is 436 g/mol. The Balaban J connectivity index is 1.50. The van der Waals surface area contributed by atoms with Gasteiger partial charge in [0, 0.05) is 13.0 Å². The SMILES string of the molecule is COc1ccccc1NC(=O)NCc1cccc2c1C(=O)N(C1CCC(=O)NC1=O)C2=O. The fraction of sp³-hybridized carbons (Fsp3) is 0.227. The Morgan fingerprint density at radius 3 is 2.62 bits per heavy atom. The van der Waals surface area contributed by atoms with Gasteiger partial charge in [0.2, 0.25) is 11.8 Å². The third kappa shape index (κ3) is 3.78. The Morgan fingerprint density at radius 1 is 1.09 bits per heavy atom. The molecule has 6 amide bonds. The highest BCUT2D eigenvalue weighted by Crippen LogP contribution is 2.30. The van der Waals surface area contributed by atoms with Gasteiger partial charge in [-0.3, -0.25) is 29.4 Å². The Labute approximate surface area is 182 Å². The van der Waals surface area contributed by atoms with E-state index in [4.69, 9.17) is 4.74 Å². The van der Waals surface area contributed by atoms with Crippen LogP contribution in [0.3, 0.4) is 0 Å². The Kier molecular flexibility index (Phi) is 5.59. The Bertz CT molecular complexity index is 1140. The first-order chi connectivity index (χ1) is 15.4. The van der Waals surface area contributed by atoms with Crippen molar-refractivity contribution in [3.8, 4) is 5.75 Å². The number of amides is 6. The van der Waals surface area contributed by atoms with Gasteiger partial charge >= 0.3 is 6.03 Å². The molecule has 10 nitrogen and oxygen atoms in total. The van der Waals surface area contributed by atoms with Crippen molar-refractivity contribution in [2.75, 3.05) is 12.4 Å². The lowest BCUT2D eigenvalue weighted by Crippen LogP contribution is -2.54. The number of urea groups is 1. The average molecular weight is 436 g/mol. The lowest BCUT2D eigenvalue weighted by atomic mass is 10.0. The van der Waals surface area contributed by atoms with Crippen LogP contribution >= 0.6 is 0 Å². The van der Waals surface area contributed by atoms with Gasteiger partial charge < -0.3 is 15.4 Å². The van der Waals surface area contributed by atoms with Crippen LogP contribution in [0.15, 0.2) is 42.5 Å². The molecule has 0 saturated carbocycles. The predicted molar refractivity (Wildman–Crippen MR) is 112 cm³/mol. The second kappa shape index (κ2) is 8.50. The van der Waals surface area contributed by atoms with E-state index >= 15 is 0 Å². The van der Waals surface area contributed by atoms with Gasteiger partial charge in [-0.2, -0.15) is 0 Å². The smallest absolute Gasteiger partial charge is 0.319 e. The number of carbonyl (C=O) groups is 5. The number of nitrogens with zero attached hydrogens (tertiary/aromatic N) is 1. The number of nitrogens with one attached hydrogen (secondary N) is 3. The van der Waals surface area contributed by atoms with Crippen molar-refractivity contribution < 1.29 is 28.7 Å². The maximum absolute atomic E-state index is 13.1. The van der Waals surface area contributed by atoms with E-state index in [1.54, 1.807) is 36.4 Å². The number of ether oxygens (including phenoxy) is 1. The maximum Gasteiger partial charge on any atom is 0.319 e. The molecule has 1 fully saturated rings. The van der Waals surface area contributed by atoms with Crippen LogP contribution in [0.25, 0.3) is 0 Å². The van der Waals surface area contributed by atoms with Gasteiger partial charge in [-0.05, 0) is 30.2 Å². The molecule has 1 saturated heterocycles. The summed E-state index contributed by atoms with van der Waals surface area (Å²) in [6, 6.07) is 10.1. The third-order valence-electron chi connectivity index (χ3n) is 5.35. The Hall–Kier alpha value is -4.21. The van der Waals surface area contributed by atoms with Gasteiger partial charge in [-0.1, -0.05) is 24.3 Å². The number of hydrogen-bond acceptors (Lipinski definition) is 6. The molecule has 4 rings (SSSR count). The highest BCUT2D eigenvalue weighted by molar-refractivity contribution is 6.24. The summed E-state index contributed by atoms with van der Waals surface area (Å²) in [6.45, 7) is -0.0215. The molecule has 10 heteroatoms. The summed E-state index contributed by atoms with van der Waals surface area (Å²) in [6.07, 6.45) is 0.117. The van der Waals surface area contributed by atoms with Crippen molar-refractivity contribution in [2.24, 2.45) is 0 Å². The molecule has 0 radical (unpaired) electrons. The summed E-state index contributed by atoms with van der Waals surface area (Å²) in [5.74, 6) is -1.84. The van der Waals surface area contributed by atoms with Crippen LogP contribution in [-0.4, -0.2) is 47.7 Å². The number of piperidine rings is 1. The van der Waals surface area contributed by atoms with Gasteiger partial charge in [0.1, 0.15) is 11.8 Å². The zero-order valence-corrected chi connectivity index (χ0v) is 17.1. The van der Waals surface area contributed by atoms with Gasteiger partial charge in [-0.15, -0.1) is 0 Å². The zero-order valence-electron chi connectivity index (χ0n) is 17.1. The minimum Gasteiger partial charge on any atom is -0.495 e. The van der Waals surface area contributed by atoms with E-state index in [2.05, 4.69) is 16.0 Å². The molecule has 0 bridgehead atoms. The van der Waals surface area contributed by atoms with E-state index < -0.39 is 35.7 Å². The second-order valence-electron chi connectivity index (χ2n) is 7.29. The fourth-order valence-corrected chi connectivity index (χ4v) is 3.82. The molecule has 1 unspecified atom stereocenters. The fourth-order valence-electron chi connectivity index (χ4n) is 3.82. The molecule has 2 aromatic rings. The summed E-state index contributed by atoms with van der Waals surface area (Å²) in [5.41, 5.74) is 1.20. The minimum absolute atomic E-state index is 0.0215. The molecule has 164 valence electrons. The summed E-state index contributed by atoms with van der Waals surface area (Å²) in [5, 5.41) is 7.49. The third-order valence-corrected chi connectivity index (χ3v) is 5.35. The second-order valence-corrected chi connectivity index (χ2v) is 7.29.